The van der Waals surface area contributed by atoms with Crippen LogP contribution in [0.25, 0.3) is 0 Å². The van der Waals surface area contributed by atoms with Crippen molar-refractivity contribution >= 4 is 0 Å². The topological polar surface area (TPSA) is 47.3 Å². The van der Waals surface area contributed by atoms with E-state index in [-0.39, 0.29) is 0 Å². The molecule has 1 aliphatic heterocycles. The van der Waals surface area contributed by atoms with Gasteiger partial charge in [0, 0.05) is 24.1 Å². The normalized spacial score (nSPS) is 21.1. The first-order valence-electron chi connectivity index (χ1n) is 7.43. The average molecular weight is 262 g/mol. The Kier molecular flexibility index (Phi) is 5.23. The fraction of sp³-hybridized carbons (Fsp3) is 0.625. The average Bonchev–Trinajstić information content (AvgIpc) is 2.44. The molecule has 0 aromatic heterocycles. The molecule has 0 saturated carbocycles. The molecule has 0 bridgehead atoms. The van der Waals surface area contributed by atoms with E-state index in [1.54, 1.807) is 0 Å². The Bertz CT molecular complexity index is 400. The zero-order valence-corrected chi connectivity index (χ0v) is 12.1. The third kappa shape index (κ3) is 3.48. The highest BCUT2D eigenvalue weighted by atomic mass is 16.5. The van der Waals surface area contributed by atoms with Gasteiger partial charge in [0.1, 0.15) is 5.75 Å². The van der Waals surface area contributed by atoms with Gasteiger partial charge in [-0.15, -0.1) is 0 Å². The number of nitrogens with one attached hydrogen (secondary N) is 1. The van der Waals surface area contributed by atoms with Crippen molar-refractivity contribution < 1.29 is 4.74 Å². The van der Waals surface area contributed by atoms with Gasteiger partial charge in [0.05, 0.1) is 6.61 Å². The lowest BCUT2D eigenvalue weighted by Crippen LogP contribution is -2.41. The molecule has 3 N–H and O–H groups in total. The molecular weight excluding hydrogens is 236 g/mol. The predicted molar refractivity (Wildman–Crippen MR) is 79.8 cm³/mol. The highest BCUT2D eigenvalue weighted by Crippen LogP contribution is 2.32. The highest BCUT2D eigenvalue weighted by Gasteiger charge is 2.26. The minimum absolute atomic E-state index is 0.349. The van der Waals surface area contributed by atoms with E-state index in [0.29, 0.717) is 25.1 Å². The molecule has 1 saturated heterocycles. The second-order valence-corrected chi connectivity index (χ2v) is 5.37. The van der Waals surface area contributed by atoms with E-state index >= 15 is 0 Å². The number of aryl methyl sites for hydroxylation is 1. The van der Waals surface area contributed by atoms with Gasteiger partial charge in [0.15, 0.2) is 0 Å². The Morgan fingerprint density at radius 3 is 2.89 bits per heavy atom. The predicted octanol–water partition coefficient (Wildman–Crippen LogP) is 2.58. The summed E-state index contributed by atoms with van der Waals surface area (Å²) in [6, 6.07) is 6.91. The highest BCUT2D eigenvalue weighted by molar-refractivity contribution is 5.40. The van der Waals surface area contributed by atoms with Crippen LogP contribution in [0.5, 0.6) is 5.75 Å². The van der Waals surface area contributed by atoms with Crippen molar-refractivity contribution in [3.8, 4) is 5.75 Å². The molecule has 0 radical (unpaired) electrons. The molecule has 19 heavy (non-hydrogen) atoms. The van der Waals surface area contributed by atoms with Crippen LogP contribution < -0.4 is 15.8 Å². The smallest absolute Gasteiger partial charge is 0.122 e. The summed E-state index contributed by atoms with van der Waals surface area (Å²) in [6.45, 7) is 6.63. The van der Waals surface area contributed by atoms with E-state index < -0.39 is 0 Å². The maximum atomic E-state index is 6.06. The lowest BCUT2D eigenvalue weighted by atomic mass is 9.85. The zero-order valence-electron chi connectivity index (χ0n) is 12.1. The monoisotopic (exact) mass is 262 g/mol. The van der Waals surface area contributed by atoms with Crippen LogP contribution >= 0.6 is 0 Å². The fourth-order valence-electron chi connectivity index (χ4n) is 2.97. The minimum atomic E-state index is 0.349. The van der Waals surface area contributed by atoms with Crippen molar-refractivity contribution in [2.24, 2.45) is 5.73 Å². The van der Waals surface area contributed by atoms with Crippen molar-refractivity contribution in [1.29, 1.82) is 0 Å². The quantitative estimate of drug-likeness (QED) is 0.857. The standard InChI is InChI=1S/C16H26N2O/c1-3-19-16-8-7-12(2)10-13(16)14(11-17)15-6-4-5-9-18-15/h7-8,10,14-15,18H,3-6,9,11,17H2,1-2H3. The molecule has 1 fully saturated rings. The van der Waals surface area contributed by atoms with Crippen molar-refractivity contribution in [2.45, 2.75) is 45.1 Å². The van der Waals surface area contributed by atoms with Gasteiger partial charge >= 0.3 is 0 Å². The summed E-state index contributed by atoms with van der Waals surface area (Å²) in [5, 5.41) is 3.62. The van der Waals surface area contributed by atoms with Gasteiger partial charge < -0.3 is 15.8 Å². The van der Waals surface area contributed by atoms with Crippen molar-refractivity contribution in [3.63, 3.8) is 0 Å². The van der Waals surface area contributed by atoms with Gasteiger partial charge in [0.2, 0.25) is 0 Å². The van der Waals surface area contributed by atoms with Gasteiger partial charge in [-0.2, -0.15) is 0 Å². The summed E-state index contributed by atoms with van der Waals surface area (Å²) in [5.74, 6) is 1.35. The maximum Gasteiger partial charge on any atom is 0.122 e. The van der Waals surface area contributed by atoms with Gasteiger partial charge in [-0.05, 0) is 39.3 Å². The molecule has 2 unspecified atom stereocenters. The number of hydrogen-bond donors (Lipinski definition) is 2. The van der Waals surface area contributed by atoms with Gasteiger partial charge in [-0.1, -0.05) is 24.1 Å². The summed E-state index contributed by atoms with van der Waals surface area (Å²) >= 11 is 0. The molecule has 1 aromatic rings. The molecule has 0 amide bonds. The first-order valence-corrected chi connectivity index (χ1v) is 7.43. The number of hydrogen-bond acceptors (Lipinski definition) is 3. The van der Waals surface area contributed by atoms with Crippen LogP contribution in [0.15, 0.2) is 18.2 Å². The van der Waals surface area contributed by atoms with Crippen molar-refractivity contribution in [3.05, 3.63) is 29.3 Å². The van der Waals surface area contributed by atoms with Crippen LogP contribution in [0.2, 0.25) is 0 Å². The number of rotatable bonds is 5. The lowest BCUT2D eigenvalue weighted by Gasteiger charge is -2.32. The summed E-state index contributed by atoms with van der Waals surface area (Å²) in [7, 11) is 0. The Morgan fingerprint density at radius 1 is 1.42 bits per heavy atom. The van der Waals surface area contributed by atoms with Crippen molar-refractivity contribution in [1.82, 2.24) is 5.32 Å². The molecule has 1 aliphatic rings. The molecule has 0 aliphatic carbocycles. The molecule has 2 atom stereocenters. The van der Waals surface area contributed by atoms with E-state index in [4.69, 9.17) is 10.5 Å². The summed E-state index contributed by atoms with van der Waals surface area (Å²) in [6.07, 6.45) is 3.78. The summed E-state index contributed by atoms with van der Waals surface area (Å²) in [5.41, 5.74) is 8.59. The molecule has 106 valence electrons. The Labute approximate surface area is 116 Å². The molecule has 1 aromatic carbocycles. The molecule has 3 nitrogen and oxygen atoms in total. The number of ether oxygens (including phenoxy) is 1. The molecule has 0 spiro atoms. The summed E-state index contributed by atoms with van der Waals surface area (Å²) < 4.78 is 5.78. The Morgan fingerprint density at radius 2 is 2.26 bits per heavy atom. The first kappa shape index (κ1) is 14.4. The largest absolute Gasteiger partial charge is 0.494 e. The van der Waals surface area contributed by atoms with E-state index in [1.807, 2.05) is 6.92 Å². The van der Waals surface area contributed by atoms with E-state index in [2.05, 4.69) is 30.4 Å². The lowest BCUT2D eigenvalue weighted by molar-refractivity contribution is 0.317. The van der Waals surface area contributed by atoms with Crippen LogP contribution in [-0.4, -0.2) is 25.7 Å². The van der Waals surface area contributed by atoms with Gasteiger partial charge in [-0.25, -0.2) is 0 Å². The third-order valence-electron chi connectivity index (χ3n) is 3.95. The molecule has 1 heterocycles. The van der Waals surface area contributed by atoms with Crippen LogP contribution in [0.4, 0.5) is 0 Å². The Balaban J connectivity index is 2.27. The number of nitrogens with two attached hydrogens (primary N) is 1. The third-order valence-corrected chi connectivity index (χ3v) is 3.95. The molecule has 2 rings (SSSR count). The Hall–Kier alpha value is -1.06. The van der Waals surface area contributed by atoms with Crippen LogP contribution in [0, 0.1) is 6.92 Å². The van der Waals surface area contributed by atoms with Crippen LogP contribution in [-0.2, 0) is 0 Å². The minimum Gasteiger partial charge on any atom is -0.494 e. The van der Waals surface area contributed by atoms with Crippen LogP contribution in [0.3, 0.4) is 0 Å². The zero-order chi connectivity index (χ0) is 13.7. The summed E-state index contributed by atoms with van der Waals surface area (Å²) in [4.78, 5) is 0. The van der Waals surface area contributed by atoms with Crippen LogP contribution in [0.1, 0.15) is 43.2 Å². The molecule has 3 heteroatoms. The SMILES string of the molecule is CCOc1ccc(C)cc1C(CN)C1CCCCN1. The first-order chi connectivity index (χ1) is 9.26. The van der Waals surface area contributed by atoms with Crippen molar-refractivity contribution in [2.75, 3.05) is 19.7 Å². The van der Waals surface area contributed by atoms with E-state index in [9.17, 15) is 0 Å². The van der Waals surface area contributed by atoms with E-state index in [1.165, 1.54) is 30.4 Å². The fourth-order valence-corrected chi connectivity index (χ4v) is 2.97. The molecular formula is C16H26N2O. The second-order valence-electron chi connectivity index (χ2n) is 5.37. The number of piperidine rings is 1. The second kappa shape index (κ2) is 6.92. The maximum absolute atomic E-state index is 6.06. The van der Waals surface area contributed by atoms with E-state index in [0.717, 1.165) is 12.3 Å². The van der Waals surface area contributed by atoms with Gasteiger partial charge in [-0.3, -0.25) is 0 Å². The van der Waals surface area contributed by atoms with Gasteiger partial charge in [0.25, 0.3) is 0 Å². The number of benzene rings is 1.